The summed E-state index contributed by atoms with van der Waals surface area (Å²) in [5.74, 6) is 0.231. The number of hydrogen-bond donors (Lipinski definition) is 1. The van der Waals surface area contributed by atoms with Crippen molar-refractivity contribution in [2.45, 2.75) is 52.6 Å². The quantitative estimate of drug-likeness (QED) is 0.630. The van der Waals surface area contributed by atoms with E-state index in [4.69, 9.17) is 0 Å². The maximum absolute atomic E-state index is 12.9. The smallest absolute Gasteiger partial charge is 0.332 e. The number of imidazole rings is 1. The van der Waals surface area contributed by atoms with Crippen LogP contribution in [0.25, 0.3) is 11.2 Å². The topological polar surface area (TPSA) is 90.9 Å². The first-order chi connectivity index (χ1) is 14.6. The molecule has 2 atom stereocenters. The van der Waals surface area contributed by atoms with Crippen molar-refractivity contribution in [3.63, 3.8) is 0 Å². The molecule has 31 heavy (non-hydrogen) atoms. The number of fused-ring (bicyclic) bond motifs is 1. The molecule has 0 radical (unpaired) electrons. The first-order valence-corrected chi connectivity index (χ1v) is 10.7. The van der Waals surface area contributed by atoms with Crippen molar-refractivity contribution < 1.29 is 4.79 Å². The molecule has 8 heteroatoms. The molecule has 0 spiro atoms. The highest BCUT2D eigenvalue weighted by Gasteiger charge is 2.21. The fourth-order valence-corrected chi connectivity index (χ4v) is 3.80. The summed E-state index contributed by atoms with van der Waals surface area (Å²) in [6.45, 7) is 8.06. The van der Waals surface area contributed by atoms with Gasteiger partial charge in [0.2, 0.25) is 5.91 Å². The number of aromatic nitrogens is 4. The average molecular weight is 426 g/mol. The Balaban J connectivity index is 1.87. The van der Waals surface area contributed by atoms with Crippen molar-refractivity contribution in [3.05, 3.63) is 62.6 Å². The lowest BCUT2D eigenvalue weighted by Gasteiger charge is -2.24. The first kappa shape index (κ1) is 22.5. The van der Waals surface area contributed by atoms with Gasteiger partial charge in [-0.1, -0.05) is 52.0 Å². The monoisotopic (exact) mass is 425 g/mol. The normalized spacial score (nSPS) is 13.5. The van der Waals surface area contributed by atoms with E-state index in [9.17, 15) is 14.4 Å². The zero-order valence-electron chi connectivity index (χ0n) is 19.0. The van der Waals surface area contributed by atoms with Gasteiger partial charge in [-0.15, -0.1) is 0 Å². The lowest BCUT2D eigenvalue weighted by Crippen LogP contribution is -2.44. The molecule has 0 aliphatic rings. The number of hydrogen-bond acceptors (Lipinski definition) is 4. The van der Waals surface area contributed by atoms with Crippen LogP contribution in [-0.4, -0.2) is 24.6 Å². The average Bonchev–Trinajstić information content (AvgIpc) is 3.14. The molecule has 8 nitrogen and oxygen atoms in total. The van der Waals surface area contributed by atoms with Crippen LogP contribution in [0.2, 0.25) is 0 Å². The highest BCUT2D eigenvalue weighted by Crippen LogP contribution is 2.25. The van der Waals surface area contributed by atoms with Gasteiger partial charge in [0.05, 0.1) is 12.4 Å². The van der Waals surface area contributed by atoms with Gasteiger partial charge in [0.15, 0.2) is 11.2 Å². The third-order valence-corrected chi connectivity index (χ3v) is 5.96. The Morgan fingerprint density at radius 1 is 1.06 bits per heavy atom. The van der Waals surface area contributed by atoms with Crippen molar-refractivity contribution in [2.24, 2.45) is 20.0 Å². The molecule has 1 amide bonds. The van der Waals surface area contributed by atoms with E-state index >= 15 is 0 Å². The number of benzene rings is 1. The summed E-state index contributed by atoms with van der Waals surface area (Å²) in [4.78, 5) is 42.5. The summed E-state index contributed by atoms with van der Waals surface area (Å²) in [5.41, 5.74) is 1.77. The molecule has 1 aromatic carbocycles. The molecule has 1 N–H and O–H groups in total. The molecule has 0 unspecified atom stereocenters. The molecule has 2 heterocycles. The Bertz CT molecular complexity index is 1200. The minimum Gasteiger partial charge on any atom is -0.347 e. The Morgan fingerprint density at radius 2 is 1.68 bits per heavy atom. The number of rotatable bonds is 7. The number of aryl methyl sites for hydroxylation is 2. The standard InChI is InChI=1S/C23H31N5O3/c1-7-15(4)16-8-10-17(11-9-16)19(14(2)3)25-18(29)12-28-22(30)20-21(24-13-26(20)5)27(6)23(28)31/h8-11,13-15,19H,7,12H2,1-6H3,(H,25,29)/t15-,19+/m1/s1. The van der Waals surface area contributed by atoms with Gasteiger partial charge in [0.1, 0.15) is 6.54 Å². The Kier molecular flexibility index (Phi) is 6.48. The van der Waals surface area contributed by atoms with E-state index in [0.29, 0.717) is 11.6 Å². The van der Waals surface area contributed by atoms with Crippen LogP contribution >= 0.6 is 0 Å². The van der Waals surface area contributed by atoms with E-state index in [0.717, 1.165) is 16.6 Å². The molecule has 0 aliphatic heterocycles. The number of carbonyl (C=O) groups is 1. The van der Waals surface area contributed by atoms with Gasteiger partial charge in [-0.05, 0) is 29.4 Å². The Labute approximate surface area is 181 Å². The van der Waals surface area contributed by atoms with Gasteiger partial charge in [-0.25, -0.2) is 14.3 Å². The minimum atomic E-state index is -0.564. The summed E-state index contributed by atoms with van der Waals surface area (Å²) in [5, 5.41) is 3.01. The number of nitrogens with zero attached hydrogens (tertiary/aromatic N) is 4. The van der Waals surface area contributed by atoms with E-state index < -0.39 is 11.2 Å². The first-order valence-electron chi connectivity index (χ1n) is 10.7. The fourth-order valence-electron chi connectivity index (χ4n) is 3.80. The van der Waals surface area contributed by atoms with Crippen LogP contribution in [-0.2, 0) is 25.4 Å². The van der Waals surface area contributed by atoms with E-state index in [1.54, 1.807) is 18.7 Å². The molecule has 0 bridgehead atoms. The largest absolute Gasteiger partial charge is 0.347 e. The second-order valence-electron chi connectivity index (χ2n) is 8.53. The summed E-state index contributed by atoms with van der Waals surface area (Å²) < 4.78 is 3.81. The maximum atomic E-state index is 12.9. The fraction of sp³-hybridized carbons (Fsp3) is 0.478. The van der Waals surface area contributed by atoms with Crippen molar-refractivity contribution in [3.8, 4) is 0 Å². The molecule has 2 aromatic heterocycles. The van der Waals surface area contributed by atoms with Gasteiger partial charge < -0.3 is 9.88 Å². The second-order valence-corrected chi connectivity index (χ2v) is 8.53. The van der Waals surface area contributed by atoms with Crippen LogP contribution in [0.1, 0.15) is 57.2 Å². The van der Waals surface area contributed by atoms with Crippen LogP contribution in [0.4, 0.5) is 0 Å². The van der Waals surface area contributed by atoms with Crippen LogP contribution in [0.3, 0.4) is 0 Å². The van der Waals surface area contributed by atoms with Crippen molar-refractivity contribution in [1.29, 1.82) is 0 Å². The van der Waals surface area contributed by atoms with E-state index in [1.807, 2.05) is 26.0 Å². The van der Waals surface area contributed by atoms with Crippen LogP contribution in [0.5, 0.6) is 0 Å². The summed E-state index contributed by atoms with van der Waals surface area (Å²) in [6, 6.07) is 8.06. The highest BCUT2D eigenvalue weighted by atomic mass is 16.2. The van der Waals surface area contributed by atoms with Crippen molar-refractivity contribution in [2.75, 3.05) is 0 Å². The Hall–Kier alpha value is -3.16. The van der Waals surface area contributed by atoms with Crippen molar-refractivity contribution >= 4 is 17.1 Å². The molecule has 3 aromatic rings. The van der Waals surface area contributed by atoms with Gasteiger partial charge in [-0.3, -0.25) is 14.2 Å². The van der Waals surface area contributed by atoms with Gasteiger partial charge in [0.25, 0.3) is 5.56 Å². The third kappa shape index (κ3) is 4.33. The lowest BCUT2D eigenvalue weighted by atomic mass is 9.92. The SMILES string of the molecule is CC[C@@H](C)c1ccc([C@@H](NC(=O)Cn2c(=O)c3c(ncn3C)n(C)c2=O)C(C)C)cc1. The molecule has 0 saturated carbocycles. The van der Waals surface area contributed by atoms with Gasteiger partial charge in [-0.2, -0.15) is 0 Å². The molecule has 3 rings (SSSR count). The number of carbonyl (C=O) groups excluding carboxylic acids is 1. The van der Waals surface area contributed by atoms with Crippen LogP contribution in [0.15, 0.2) is 40.2 Å². The number of amides is 1. The lowest BCUT2D eigenvalue weighted by molar-refractivity contribution is -0.122. The van der Waals surface area contributed by atoms with E-state index in [-0.39, 0.29) is 29.9 Å². The van der Waals surface area contributed by atoms with Crippen LogP contribution in [0, 0.1) is 5.92 Å². The third-order valence-electron chi connectivity index (χ3n) is 5.96. The van der Waals surface area contributed by atoms with Crippen molar-refractivity contribution in [1.82, 2.24) is 24.0 Å². The molecule has 0 fully saturated rings. The summed E-state index contributed by atoms with van der Waals surface area (Å²) in [7, 11) is 3.23. The molecule has 0 saturated heterocycles. The zero-order chi connectivity index (χ0) is 22.9. The zero-order valence-corrected chi connectivity index (χ0v) is 19.0. The number of nitrogens with one attached hydrogen (secondary N) is 1. The molecular weight excluding hydrogens is 394 g/mol. The predicted molar refractivity (Wildman–Crippen MR) is 121 cm³/mol. The molecular formula is C23H31N5O3. The minimum absolute atomic E-state index is 0.137. The predicted octanol–water partition coefficient (Wildman–Crippen LogP) is 2.46. The van der Waals surface area contributed by atoms with E-state index in [1.165, 1.54) is 16.5 Å². The molecule has 166 valence electrons. The highest BCUT2D eigenvalue weighted by molar-refractivity contribution is 5.77. The van der Waals surface area contributed by atoms with Crippen LogP contribution < -0.4 is 16.6 Å². The van der Waals surface area contributed by atoms with Gasteiger partial charge >= 0.3 is 5.69 Å². The van der Waals surface area contributed by atoms with Gasteiger partial charge in [0, 0.05) is 14.1 Å². The molecule has 0 aliphatic carbocycles. The summed E-state index contributed by atoms with van der Waals surface area (Å²) in [6.07, 6.45) is 2.54. The maximum Gasteiger partial charge on any atom is 0.332 e. The van der Waals surface area contributed by atoms with E-state index in [2.05, 4.69) is 36.3 Å². The second kappa shape index (κ2) is 8.91. The summed E-state index contributed by atoms with van der Waals surface area (Å²) >= 11 is 0. The Morgan fingerprint density at radius 3 is 2.26 bits per heavy atom.